The lowest BCUT2D eigenvalue weighted by molar-refractivity contribution is -0.141. The van der Waals surface area contributed by atoms with Crippen molar-refractivity contribution < 1.29 is 31.7 Å². The van der Waals surface area contributed by atoms with Crippen LogP contribution in [0.3, 0.4) is 0 Å². The van der Waals surface area contributed by atoms with Crippen molar-refractivity contribution >= 4 is 11.8 Å². The van der Waals surface area contributed by atoms with Crippen LogP contribution in [-0.2, 0) is 18.0 Å². The van der Waals surface area contributed by atoms with E-state index in [0.29, 0.717) is 11.6 Å². The molecule has 0 radical (unpaired) electrons. The van der Waals surface area contributed by atoms with Crippen molar-refractivity contribution in [1.82, 2.24) is 30.1 Å². The third-order valence-electron chi connectivity index (χ3n) is 4.41. The van der Waals surface area contributed by atoms with Gasteiger partial charge in [-0.15, -0.1) is 0 Å². The van der Waals surface area contributed by atoms with E-state index in [1.807, 2.05) is 0 Å². The highest BCUT2D eigenvalue weighted by Crippen LogP contribution is 2.29. The molecule has 0 aliphatic rings. The molecule has 3 aromatic rings. The molecule has 3 rings (SSSR count). The summed E-state index contributed by atoms with van der Waals surface area (Å²) in [7, 11) is 4.16. The van der Waals surface area contributed by atoms with Gasteiger partial charge in [0, 0.05) is 32.8 Å². The highest BCUT2D eigenvalue weighted by atomic mass is 19.4. The predicted octanol–water partition coefficient (Wildman–Crippen LogP) is 2.58. The molecule has 1 atom stereocenters. The maximum absolute atomic E-state index is 13.5. The summed E-state index contributed by atoms with van der Waals surface area (Å²) in [6.45, 7) is 0. The van der Waals surface area contributed by atoms with Crippen molar-refractivity contribution in [3.05, 3.63) is 53.4 Å². The summed E-state index contributed by atoms with van der Waals surface area (Å²) in [6, 6.07) is 4.80. The van der Waals surface area contributed by atoms with Gasteiger partial charge in [0.1, 0.15) is 17.6 Å². The molecule has 0 unspecified atom stereocenters. The van der Waals surface area contributed by atoms with E-state index in [9.17, 15) is 27.2 Å². The molecule has 1 aromatic carbocycles. The molecule has 2 heterocycles. The average molecular weight is 454 g/mol. The zero-order chi connectivity index (χ0) is 23.6. The van der Waals surface area contributed by atoms with Gasteiger partial charge in [-0.3, -0.25) is 14.3 Å². The summed E-state index contributed by atoms with van der Waals surface area (Å²) in [5.74, 6) is -2.04. The summed E-state index contributed by atoms with van der Waals surface area (Å²) < 4.78 is 58.1. The Kier molecular flexibility index (Phi) is 6.27. The van der Waals surface area contributed by atoms with Crippen molar-refractivity contribution in [2.45, 2.75) is 18.6 Å². The number of hydrogen-bond donors (Lipinski definition) is 1. The number of amides is 2. The van der Waals surface area contributed by atoms with Gasteiger partial charge in [-0.2, -0.15) is 23.3 Å². The topological polar surface area (TPSA) is 106 Å². The van der Waals surface area contributed by atoms with Crippen molar-refractivity contribution in [1.29, 1.82) is 0 Å². The number of nitrogens with one attached hydrogen (secondary N) is 1. The quantitative estimate of drug-likeness (QED) is 0.574. The van der Waals surface area contributed by atoms with Crippen molar-refractivity contribution in [2.75, 3.05) is 14.1 Å². The van der Waals surface area contributed by atoms with E-state index in [1.165, 1.54) is 50.3 Å². The van der Waals surface area contributed by atoms with Crippen molar-refractivity contribution in [3.63, 3.8) is 0 Å². The van der Waals surface area contributed by atoms with E-state index < -0.39 is 35.5 Å². The molecule has 0 saturated carbocycles. The van der Waals surface area contributed by atoms with Crippen molar-refractivity contribution in [2.24, 2.45) is 7.05 Å². The fourth-order valence-electron chi connectivity index (χ4n) is 2.73. The van der Waals surface area contributed by atoms with Gasteiger partial charge in [-0.25, -0.2) is 4.39 Å². The fourth-order valence-corrected chi connectivity index (χ4v) is 2.73. The number of nitrogens with zero attached hydrogens (tertiary/aromatic N) is 5. The van der Waals surface area contributed by atoms with Gasteiger partial charge in [0.2, 0.25) is 17.6 Å². The monoisotopic (exact) mass is 454 g/mol. The normalized spacial score (nSPS) is 12.5. The van der Waals surface area contributed by atoms with Gasteiger partial charge < -0.3 is 14.7 Å². The van der Waals surface area contributed by atoms with Crippen LogP contribution in [0.2, 0.25) is 0 Å². The van der Waals surface area contributed by atoms with Crippen LogP contribution in [0.4, 0.5) is 17.6 Å². The van der Waals surface area contributed by atoms with Crippen LogP contribution in [0, 0.1) is 5.82 Å². The Bertz CT molecular complexity index is 1140. The summed E-state index contributed by atoms with van der Waals surface area (Å²) in [4.78, 5) is 30.3. The van der Waals surface area contributed by atoms with E-state index >= 15 is 0 Å². The van der Waals surface area contributed by atoms with Crippen LogP contribution >= 0.6 is 0 Å². The second-order valence-electron chi connectivity index (χ2n) is 7.02. The largest absolute Gasteiger partial charge is 0.435 e. The van der Waals surface area contributed by atoms with Crippen molar-refractivity contribution in [3.8, 4) is 11.4 Å². The lowest BCUT2D eigenvalue weighted by atomic mass is 10.1. The molecule has 0 aliphatic heterocycles. The molecule has 0 spiro atoms. The smallest absolute Gasteiger partial charge is 0.349 e. The van der Waals surface area contributed by atoms with Gasteiger partial charge in [-0.05, 0) is 12.1 Å². The molecular weight excluding hydrogens is 436 g/mol. The van der Waals surface area contributed by atoms with Gasteiger partial charge in [0.25, 0.3) is 5.91 Å². The minimum Gasteiger partial charge on any atom is -0.349 e. The minimum absolute atomic E-state index is 0.0101. The Morgan fingerprint density at radius 2 is 1.97 bits per heavy atom. The Labute approximate surface area is 179 Å². The molecule has 13 heteroatoms. The van der Waals surface area contributed by atoms with Gasteiger partial charge >= 0.3 is 6.18 Å². The Morgan fingerprint density at radius 3 is 2.56 bits per heavy atom. The second-order valence-corrected chi connectivity index (χ2v) is 7.02. The maximum Gasteiger partial charge on any atom is 0.435 e. The second kappa shape index (κ2) is 8.77. The molecular formula is C19H18F4N6O3. The Morgan fingerprint density at radius 1 is 1.25 bits per heavy atom. The van der Waals surface area contributed by atoms with Gasteiger partial charge in [0.05, 0.1) is 6.42 Å². The van der Waals surface area contributed by atoms with E-state index in [2.05, 4.69) is 20.6 Å². The summed E-state index contributed by atoms with van der Waals surface area (Å²) in [6.07, 6.45) is -5.05. The zero-order valence-corrected chi connectivity index (χ0v) is 17.1. The first-order chi connectivity index (χ1) is 15.0. The molecule has 32 heavy (non-hydrogen) atoms. The average Bonchev–Trinajstić information content (AvgIpc) is 3.34. The first-order valence-electron chi connectivity index (χ1n) is 9.17. The third kappa shape index (κ3) is 5.10. The number of carbonyl (C=O) groups excluding carboxylic acids is 2. The number of aryl methyl sites for hydroxylation is 1. The van der Waals surface area contributed by atoms with Crippen LogP contribution < -0.4 is 5.32 Å². The fraction of sp³-hybridized carbons (Fsp3) is 0.316. The highest BCUT2D eigenvalue weighted by Gasteiger charge is 2.36. The van der Waals surface area contributed by atoms with Crippen LogP contribution in [0.25, 0.3) is 11.4 Å². The SMILES string of the molecule is CN(C)C(=O)C[C@@H](NC(=O)c1cc(C(F)(F)F)nn1C)c1nc(-c2cccc(F)c2)no1. The predicted molar refractivity (Wildman–Crippen MR) is 101 cm³/mol. The first-order valence-corrected chi connectivity index (χ1v) is 9.17. The van der Waals surface area contributed by atoms with Gasteiger partial charge in [0.15, 0.2) is 5.69 Å². The van der Waals surface area contributed by atoms with E-state index in [-0.39, 0.29) is 23.8 Å². The molecule has 0 saturated heterocycles. The molecule has 9 nitrogen and oxygen atoms in total. The van der Waals surface area contributed by atoms with Crippen LogP contribution in [0.5, 0.6) is 0 Å². The van der Waals surface area contributed by atoms with Crippen LogP contribution in [0.15, 0.2) is 34.9 Å². The highest BCUT2D eigenvalue weighted by molar-refractivity contribution is 5.93. The Hall–Kier alpha value is -3.77. The number of hydrogen-bond acceptors (Lipinski definition) is 6. The minimum atomic E-state index is -4.73. The molecule has 170 valence electrons. The van der Waals surface area contributed by atoms with E-state index in [4.69, 9.17) is 4.52 Å². The zero-order valence-electron chi connectivity index (χ0n) is 17.1. The lowest BCUT2D eigenvalue weighted by Gasteiger charge is -2.17. The summed E-state index contributed by atoms with van der Waals surface area (Å²) >= 11 is 0. The third-order valence-corrected chi connectivity index (χ3v) is 4.41. The molecule has 1 N–H and O–H groups in total. The number of aromatic nitrogens is 4. The summed E-state index contributed by atoms with van der Waals surface area (Å²) in [5, 5.41) is 9.46. The number of alkyl halides is 3. The van der Waals surface area contributed by atoms with Gasteiger partial charge in [-0.1, -0.05) is 17.3 Å². The number of benzene rings is 1. The Balaban J connectivity index is 1.89. The molecule has 0 fully saturated rings. The number of halogens is 4. The molecule has 0 aliphatic carbocycles. The van der Waals surface area contributed by atoms with Crippen LogP contribution in [-0.4, -0.2) is 50.7 Å². The molecule has 2 aromatic heterocycles. The molecule has 0 bridgehead atoms. The summed E-state index contributed by atoms with van der Waals surface area (Å²) in [5.41, 5.74) is -1.33. The molecule has 2 amide bonds. The maximum atomic E-state index is 13.5. The lowest BCUT2D eigenvalue weighted by Crippen LogP contribution is -2.34. The standard InChI is InChI=1S/C19H18F4N6O3/c1-28(2)15(30)8-12(18-25-16(27-32-18)10-5-4-6-11(20)7-10)24-17(31)13-9-14(19(21,22)23)26-29(13)3/h4-7,9,12H,8H2,1-3H3,(H,24,31)/t12-/m1/s1. The number of carbonyl (C=O) groups is 2. The first kappa shape index (κ1) is 22.9. The van der Waals surface area contributed by atoms with Crippen LogP contribution in [0.1, 0.15) is 34.5 Å². The van der Waals surface area contributed by atoms with E-state index in [0.717, 1.165) is 4.68 Å². The van der Waals surface area contributed by atoms with E-state index in [1.54, 1.807) is 0 Å². The number of rotatable bonds is 6.